The van der Waals surface area contributed by atoms with Crippen molar-refractivity contribution in [2.75, 3.05) is 33.1 Å². The zero-order valence-electron chi connectivity index (χ0n) is 13.4. The van der Waals surface area contributed by atoms with E-state index in [0.29, 0.717) is 11.6 Å². The Morgan fingerprint density at radius 2 is 2.05 bits per heavy atom. The molecule has 0 fully saturated rings. The summed E-state index contributed by atoms with van der Waals surface area (Å²) in [7, 11) is 5.43. The van der Waals surface area contributed by atoms with Crippen molar-refractivity contribution in [3.63, 3.8) is 0 Å². The molecule has 1 atom stereocenters. The molecule has 0 aliphatic carbocycles. The molecule has 21 heavy (non-hydrogen) atoms. The first kappa shape index (κ1) is 17.2. The predicted octanol–water partition coefficient (Wildman–Crippen LogP) is 2.99. The summed E-state index contributed by atoms with van der Waals surface area (Å²) >= 11 is 0. The highest BCUT2D eigenvalue weighted by Gasteiger charge is 2.23. The zero-order chi connectivity index (χ0) is 16.0. The topological polar surface area (TPSA) is 67.6 Å². The van der Waals surface area contributed by atoms with E-state index in [2.05, 4.69) is 24.1 Å². The van der Waals surface area contributed by atoms with Crippen molar-refractivity contribution >= 4 is 11.4 Å². The number of anilines is 1. The van der Waals surface area contributed by atoms with Gasteiger partial charge in [-0.05, 0) is 38.6 Å². The van der Waals surface area contributed by atoms with Crippen LogP contribution < -0.4 is 10.1 Å². The van der Waals surface area contributed by atoms with Crippen LogP contribution in [0.4, 0.5) is 11.4 Å². The molecule has 0 heterocycles. The number of hydrogen-bond acceptors (Lipinski definition) is 5. The number of benzene rings is 1. The molecule has 0 aromatic heterocycles. The van der Waals surface area contributed by atoms with Gasteiger partial charge in [0.2, 0.25) is 0 Å². The summed E-state index contributed by atoms with van der Waals surface area (Å²) in [6, 6.07) is 5.23. The minimum absolute atomic E-state index is 0.00693. The molecule has 1 N–H and O–H groups in total. The Kier molecular flexibility index (Phi) is 6.42. The summed E-state index contributed by atoms with van der Waals surface area (Å²) in [5.41, 5.74) is 0.499. The van der Waals surface area contributed by atoms with E-state index in [0.717, 1.165) is 13.0 Å². The van der Waals surface area contributed by atoms with Gasteiger partial charge < -0.3 is 15.0 Å². The molecule has 1 unspecified atom stereocenters. The number of methoxy groups -OCH3 is 1. The van der Waals surface area contributed by atoms with Crippen molar-refractivity contribution in [2.45, 2.75) is 26.3 Å². The van der Waals surface area contributed by atoms with Crippen LogP contribution in [0.1, 0.15) is 20.3 Å². The molecule has 6 nitrogen and oxygen atoms in total. The molecule has 1 rings (SSSR count). The van der Waals surface area contributed by atoms with Crippen LogP contribution >= 0.6 is 0 Å². The van der Waals surface area contributed by atoms with Crippen molar-refractivity contribution < 1.29 is 9.66 Å². The van der Waals surface area contributed by atoms with E-state index in [1.54, 1.807) is 18.2 Å². The van der Waals surface area contributed by atoms with Crippen molar-refractivity contribution in [1.29, 1.82) is 0 Å². The molecule has 118 valence electrons. The van der Waals surface area contributed by atoms with Gasteiger partial charge in [0.1, 0.15) is 5.69 Å². The second-order valence-electron chi connectivity index (χ2n) is 5.85. The van der Waals surface area contributed by atoms with Crippen LogP contribution in [-0.2, 0) is 0 Å². The predicted molar refractivity (Wildman–Crippen MR) is 85.1 cm³/mol. The van der Waals surface area contributed by atoms with E-state index in [9.17, 15) is 10.1 Å². The van der Waals surface area contributed by atoms with Gasteiger partial charge in [0.25, 0.3) is 0 Å². The van der Waals surface area contributed by atoms with E-state index in [1.807, 2.05) is 14.1 Å². The van der Waals surface area contributed by atoms with Gasteiger partial charge in [0, 0.05) is 12.6 Å². The Morgan fingerprint density at radius 3 is 2.52 bits per heavy atom. The van der Waals surface area contributed by atoms with Crippen LogP contribution in [0.2, 0.25) is 0 Å². The highest BCUT2D eigenvalue weighted by molar-refractivity contribution is 5.68. The lowest BCUT2D eigenvalue weighted by Crippen LogP contribution is -2.33. The van der Waals surface area contributed by atoms with Crippen LogP contribution in [0.3, 0.4) is 0 Å². The quantitative estimate of drug-likeness (QED) is 0.590. The molecule has 0 aliphatic heterocycles. The fourth-order valence-corrected chi connectivity index (χ4v) is 2.40. The first-order valence-corrected chi connectivity index (χ1v) is 7.07. The first-order chi connectivity index (χ1) is 9.85. The third-order valence-electron chi connectivity index (χ3n) is 3.10. The normalized spacial score (nSPS) is 12.5. The largest absolute Gasteiger partial charge is 0.490 e. The molecule has 1 aromatic carbocycles. The van der Waals surface area contributed by atoms with E-state index >= 15 is 0 Å². The smallest absolute Gasteiger partial charge is 0.333 e. The lowest BCUT2D eigenvalue weighted by atomic mass is 10.0. The fourth-order valence-electron chi connectivity index (χ4n) is 2.40. The van der Waals surface area contributed by atoms with E-state index in [1.165, 1.54) is 7.11 Å². The second-order valence-corrected chi connectivity index (χ2v) is 5.85. The molecular formula is C15H25N3O3. The van der Waals surface area contributed by atoms with Gasteiger partial charge in [-0.3, -0.25) is 10.1 Å². The molecule has 0 aliphatic rings. The Bertz CT molecular complexity index is 465. The Labute approximate surface area is 126 Å². The van der Waals surface area contributed by atoms with Crippen LogP contribution in [0.5, 0.6) is 5.75 Å². The second kappa shape index (κ2) is 7.83. The van der Waals surface area contributed by atoms with E-state index in [-0.39, 0.29) is 17.5 Å². The van der Waals surface area contributed by atoms with Gasteiger partial charge >= 0.3 is 5.69 Å². The maximum atomic E-state index is 11.3. The minimum atomic E-state index is -0.400. The number of likely N-dealkylation sites (N-methyl/N-ethyl adjacent to an activating group) is 1. The van der Waals surface area contributed by atoms with Gasteiger partial charge in [-0.1, -0.05) is 19.9 Å². The molecule has 0 bridgehead atoms. The third-order valence-corrected chi connectivity index (χ3v) is 3.10. The molecule has 0 amide bonds. The van der Waals surface area contributed by atoms with Crippen LogP contribution in [0, 0.1) is 16.0 Å². The standard InChI is InChI=1S/C15H25N3O3/c1-11(2)9-12(10-17(3)4)16-13-7-6-8-14(21-5)15(13)18(19)20/h6-8,11-12,16H,9-10H2,1-5H3. The highest BCUT2D eigenvalue weighted by Crippen LogP contribution is 2.35. The average molecular weight is 295 g/mol. The minimum Gasteiger partial charge on any atom is -0.490 e. The summed E-state index contributed by atoms with van der Waals surface area (Å²) in [5.74, 6) is 0.783. The number of para-hydroxylation sites is 1. The fraction of sp³-hybridized carbons (Fsp3) is 0.600. The summed E-state index contributed by atoms with van der Waals surface area (Å²) in [4.78, 5) is 13.0. The number of nitro benzene ring substituents is 1. The van der Waals surface area contributed by atoms with Crippen molar-refractivity contribution in [2.24, 2.45) is 5.92 Å². The number of ether oxygens (including phenoxy) is 1. The van der Waals surface area contributed by atoms with E-state index in [4.69, 9.17) is 4.74 Å². The van der Waals surface area contributed by atoms with Crippen molar-refractivity contribution in [3.05, 3.63) is 28.3 Å². The number of nitrogens with zero attached hydrogens (tertiary/aromatic N) is 2. The third kappa shape index (κ3) is 5.23. The van der Waals surface area contributed by atoms with Crippen LogP contribution in [0.15, 0.2) is 18.2 Å². The lowest BCUT2D eigenvalue weighted by molar-refractivity contribution is -0.384. The Hall–Kier alpha value is -1.82. The Balaban J connectivity index is 3.04. The number of nitro groups is 1. The summed E-state index contributed by atoms with van der Waals surface area (Å²) in [6.45, 7) is 5.10. The van der Waals surface area contributed by atoms with Gasteiger partial charge in [-0.25, -0.2) is 0 Å². The summed E-state index contributed by atoms with van der Waals surface area (Å²) in [5, 5.41) is 14.6. The first-order valence-electron chi connectivity index (χ1n) is 7.07. The molecule has 6 heteroatoms. The number of hydrogen-bond donors (Lipinski definition) is 1. The number of rotatable bonds is 8. The molecule has 0 radical (unpaired) electrons. The van der Waals surface area contributed by atoms with Crippen molar-refractivity contribution in [3.8, 4) is 5.75 Å². The lowest BCUT2D eigenvalue weighted by Gasteiger charge is -2.25. The Morgan fingerprint density at radius 1 is 1.38 bits per heavy atom. The molecule has 0 saturated heterocycles. The molecule has 0 saturated carbocycles. The van der Waals surface area contributed by atoms with Crippen molar-refractivity contribution in [1.82, 2.24) is 4.90 Å². The van der Waals surface area contributed by atoms with Gasteiger partial charge in [0.15, 0.2) is 5.75 Å². The monoisotopic (exact) mass is 295 g/mol. The van der Waals surface area contributed by atoms with Crippen LogP contribution in [0.25, 0.3) is 0 Å². The molecule has 0 spiro atoms. The maximum Gasteiger partial charge on any atom is 0.333 e. The summed E-state index contributed by atoms with van der Waals surface area (Å²) in [6.07, 6.45) is 0.937. The number of nitrogens with one attached hydrogen (secondary N) is 1. The molecular weight excluding hydrogens is 270 g/mol. The van der Waals surface area contributed by atoms with Gasteiger partial charge in [-0.15, -0.1) is 0 Å². The SMILES string of the molecule is COc1cccc(NC(CC(C)C)CN(C)C)c1[N+](=O)[O-]. The van der Waals surface area contributed by atoms with Crippen LogP contribution in [-0.4, -0.2) is 43.6 Å². The zero-order valence-corrected chi connectivity index (χ0v) is 13.4. The summed E-state index contributed by atoms with van der Waals surface area (Å²) < 4.78 is 5.10. The average Bonchev–Trinajstić information content (AvgIpc) is 2.36. The van der Waals surface area contributed by atoms with Gasteiger partial charge in [-0.2, -0.15) is 0 Å². The highest BCUT2D eigenvalue weighted by atomic mass is 16.6. The molecule has 1 aromatic rings. The maximum absolute atomic E-state index is 11.3. The van der Waals surface area contributed by atoms with Gasteiger partial charge in [0.05, 0.1) is 12.0 Å². The van der Waals surface area contributed by atoms with E-state index < -0.39 is 4.92 Å².